The topological polar surface area (TPSA) is 113 Å². The Morgan fingerprint density at radius 2 is 1.61 bits per heavy atom. The first-order valence-electron chi connectivity index (χ1n) is 14.3. The summed E-state index contributed by atoms with van der Waals surface area (Å²) in [6, 6.07) is 24.2. The average Bonchev–Trinajstić information content (AvgIpc) is 3.39. The molecular formula is C34H37N7O3. The van der Waals surface area contributed by atoms with Gasteiger partial charge in [0.05, 0.1) is 23.6 Å². The van der Waals surface area contributed by atoms with Gasteiger partial charge in [-0.2, -0.15) is 5.10 Å². The van der Waals surface area contributed by atoms with Crippen LogP contribution in [0.3, 0.4) is 0 Å². The lowest BCUT2D eigenvalue weighted by Crippen LogP contribution is -2.27. The molecule has 0 atom stereocenters. The predicted molar refractivity (Wildman–Crippen MR) is 175 cm³/mol. The van der Waals surface area contributed by atoms with Crippen LogP contribution in [0.25, 0.3) is 16.5 Å². The van der Waals surface area contributed by atoms with Crippen LogP contribution in [0, 0.1) is 6.92 Å². The summed E-state index contributed by atoms with van der Waals surface area (Å²) in [6.45, 7) is 8.53. The van der Waals surface area contributed by atoms with Crippen LogP contribution in [-0.2, 0) is 10.2 Å². The Labute approximate surface area is 257 Å². The largest absolute Gasteiger partial charge is 0.457 e. The van der Waals surface area contributed by atoms with E-state index >= 15 is 0 Å². The molecule has 3 amide bonds. The number of pyridine rings is 1. The third kappa shape index (κ3) is 7.22. The van der Waals surface area contributed by atoms with E-state index in [9.17, 15) is 9.59 Å². The molecule has 0 aliphatic heterocycles. The highest BCUT2D eigenvalue weighted by atomic mass is 16.5. The first-order chi connectivity index (χ1) is 21.0. The van der Waals surface area contributed by atoms with Gasteiger partial charge in [0.15, 0.2) is 0 Å². The number of anilines is 3. The molecule has 0 fully saturated rings. The van der Waals surface area contributed by atoms with Crippen LogP contribution in [0.4, 0.5) is 22.1 Å². The van der Waals surface area contributed by atoms with Gasteiger partial charge in [-0.15, -0.1) is 0 Å². The summed E-state index contributed by atoms with van der Waals surface area (Å²) in [7, 11) is 3.65. The SMILES string of the molecule is Cc1ccc(-n2nc(C(C)(C)C)cc2NC(=O)Nc2ccc(Oc3ccnc(NC(=O)CN(C)C)c3)c3ccccc23)cc1. The summed E-state index contributed by atoms with van der Waals surface area (Å²) in [5, 5.41) is 15.2. The fraction of sp³-hybridized carbons (Fsp3) is 0.235. The van der Waals surface area contributed by atoms with E-state index in [4.69, 9.17) is 9.84 Å². The van der Waals surface area contributed by atoms with E-state index in [2.05, 4.69) is 41.7 Å². The Balaban J connectivity index is 1.37. The molecule has 0 saturated carbocycles. The molecule has 0 aliphatic carbocycles. The van der Waals surface area contributed by atoms with E-state index in [1.54, 1.807) is 40.0 Å². The fourth-order valence-electron chi connectivity index (χ4n) is 4.60. The van der Waals surface area contributed by atoms with Crippen molar-refractivity contribution in [1.29, 1.82) is 0 Å². The smallest absolute Gasteiger partial charge is 0.324 e. The third-order valence-corrected chi connectivity index (χ3v) is 6.82. The van der Waals surface area contributed by atoms with Crippen LogP contribution in [0.2, 0.25) is 0 Å². The van der Waals surface area contributed by atoms with Crippen LogP contribution in [0.15, 0.2) is 85.1 Å². The molecule has 0 bridgehead atoms. The highest BCUT2D eigenvalue weighted by molar-refractivity contribution is 6.07. The Morgan fingerprint density at radius 1 is 0.886 bits per heavy atom. The van der Waals surface area contributed by atoms with E-state index in [0.717, 1.165) is 27.7 Å². The molecule has 44 heavy (non-hydrogen) atoms. The molecule has 226 valence electrons. The molecule has 10 nitrogen and oxygen atoms in total. The molecular weight excluding hydrogens is 554 g/mol. The van der Waals surface area contributed by atoms with Gasteiger partial charge in [-0.1, -0.05) is 62.7 Å². The number of nitrogens with zero attached hydrogens (tertiary/aromatic N) is 4. The van der Waals surface area contributed by atoms with Crippen LogP contribution in [0.1, 0.15) is 32.0 Å². The Hall–Kier alpha value is -5.22. The second kappa shape index (κ2) is 12.6. The van der Waals surface area contributed by atoms with Gasteiger partial charge in [0.2, 0.25) is 5.91 Å². The van der Waals surface area contributed by atoms with Crippen LogP contribution in [0.5, 0.6) is 11.5 Å². The molecule has 3 N–H and O–H groups in total. The number of urea groups is 1. The monoisotopic (exact) mass is 591 g/mol. The van der Waals surface area contributed by atoms with Crippen molar-refractivity contribution in [2.75, 3.05) is 36.6 Å². The highest BCUT2D eigenvalue weighted by Gasteiger charge is 2.22. The minimum atomic E-state index is -0.398. The number of benzene rings is 3. The lowest BCUT2D eigenvalue weighted by Gasteiger charge is -2.15. The van der Waals surface area contributed by atoms with E-state index in [-0.39, 0.29) is 17.9 Å². The van der Waals surface area contributed by atoms with E-state index in [1.165, 1.54) is 0 Å². The molecule has 5 aromatic rings. The molecule has 3 aromatic carbocycles. The third-order valence-electron chi connectivity index (χ3n) is 6.82. The van der Waals surface area contributed by atoms with E-state index < -0.39 is 6.03 Å². The van der Waals surface area contributed by atoms with E-state index in [1.807, 2.05) is 75.6 Å². The molecule has 2 aromatic heterocycles. The molecule has 0 aliphatic rings. The standard InChI is InChI=1S/C34H37N7O3/c1-22-11-13-23(14-12-22)41-31(20-29(39-41)34(2,3)4)38-33(43)36-27-15-16-28(26-10-8-7-9-25(26)27)44-24-17-18-35-30(19-24)37-32(42)21-40(5)6/h7-20H,21H2,1-6H3,(H,35,37,42)(H2,36,38,43). The molecule has 0 saturated heterocycles. The number of likely N-dealkylation sites (N-methyl/N-ethyl adjacent to an activating group) is 1. The Bertz CT molecular complexity index is 1800. The normalized spacial score (nSPS) is 11.4. The maximum Gasteiger partial charge on any atom is 0.324 e. The predicted octanol–water partition coefficient (Wildman–Crippen LogP) is 6.96. The van der Waals surface area contributed by atoms with Gasteiger partial charge in [-0.3, -0.25) is 10.1 Å². The van der Waals surface area contributed by atoms with Crippen LogP contribution >= 0.6 is 0 Å². The van der Waals surface area contributed by atoms with Gasteiger partial charge in [-0.05, 0) is 51.4 Å². The zero-order chi connectivity index (χ0) is 31.4. The number of rotatable bonds is 8. The number of amides is 3. The van der Waals surface area contributed by atoms with Crippen molar-refractivity contribution in [2.24, 2.45) is 0 Å². The van der Waals surface area contributed by atoms with E-state index in [0.29, 0.717) is 28.8 Å². The average molecular weight is 592 g/mol. The fourth-order valence-corrected chi connectivity index (χ4v) is 4.60. The van der Waals surface area contributed by atoms with Gasteiger partial charge < -0.3 is 20.3 Å². The zero-order valence-corrected chi connectivity index (χ0v) is 25.8. The molecule has 0 spiro atoms. The molecule has 0 unspecified atom stereocenters. The van der Waals surface area contributed by atoms with Crippen molar-refractivity contribution in [3.05, 3.63) is 96.3 Å². The minimum absolute atomic E-state index is 0.171. The zero-order valence-electron chi connectivity index (χ0n) is 25.8. The summed E-state index contributed by atoms with van der Waals surface area (Å²) in [6.07, 6.45) is 1.58. The van der Waals surface area contributed by atoms with Crippen molar-refractivity contribution in [2.45, 2.75) is 33.1 Å². The molecule has 10 heteroatoms. The van der Waals surface area contributed by atoms with Crippen molar-refractivity contribution >= 4 is 40.0 Å². The lowest BCUT2D eigenvalue weighted by atomic mass is 9.92. The van der Waals surface area contributed by atoms with Crippen molar-refractivity contribution < 1.29 is 14.3 Å². The summed E-state index contributed by atoms with van der Waals surface area (Å²) >= 11 is 0. The summed E-state index contributed by atoms with van der Waals surface area (Å²) in [5.74, 6) is 1.90. The molecule has 2 heterocycles. The van der Waals surface area contributed by atoms with Crippen molar-refractivity contribution in [3.63, 3.8) is 0 Å². The number of aryl methyl sites for hydroxylation is 1. The minimum Gasteiger partial charge on any atom is -0.457 e. The lowest BCUT2D eigenvalue weighted by molar-refractivity contribution is -0.116. The number of fused-ring (bicyclic) bond motifs is 1. The summed E-state index contributed by atoms with van der Waals surface area (Å²) < 4.78 is 7.97. The van der Waals surface area contributed by atoms with Crippen molar-refractivity contribution in [1.82, 2.24) is 19.7 Å². The molecule has 5 rings (SSSR count). The number of carbonyl (C=O) groups is 2. The maximum atomic E-state index is 13.4. The van der Waals surface area contributed by atoms with Crippen LogP contribution < -0.4 is 20.7 Å². The first kappa shape index (κ1) is 30.2. The second-order valence-corrected chi connectivity index (χ2v) is 11.9. The number of hydrogen-bond acceptors (Lipinski definition) is 6. The Kier molecular flexibility index (Phi) is 8.64. The number of carbonyl (C=O) groups excluding carboxylic acids is 2. The number of hydrogen-bond donors (Lipinski definition) is 3. The number of ether oxygens (including phenoxy) is 1. The summed E-state index contributed by atoms with van der Waals surface area (Å²) in [4.78, 5) is 31.5. The molecule has 0 radical (unpaired) electrons. The Morgan fingerprint density at radius 3 is 2.32 bits per heavy atom. The summed E-state index contributed by atoms with van der Waals surface area (Å²) in [5.41, 5.74) is 3.26. The van der Waals surface area contributed by atoms with Crippen molar-refractivity contribution in [3.8, 4) is 17.2 Å². The van der Waals surface area contributed by atoms with Gasteiger partial charge in [0.25, 0.3) is 0 Å². The quantitative estimate of drug-likeness (QED) is 0.180. The van der Waals surface area contributed by atoms with Gasteiger partial charge in [-0.25, -0.2) is 14.5 Å². The van der Waals surface area contributed by atoms with Crippen LogP contribution in [-0.4, -0.2) is 52.2 Å². The van der Waals surface area contributed by atoms with Gasteiger partial charge in [0.1, 0.15) is 23.1 Å². The van der Waals surface area contributed by atoms with Gasteiger partial charge >= 0.3 is 6.03 Å². The number of aromatic nitrogens is 3. The first-order valence-corrected chi connectivity index (χ1v) is 14.3. The number of nitrogens with one attached hydrogen (secondary N) is 3. The van der Waals surface area contributed by atoms with Gasteiger partial charge in [0, 0.05) is 34.5 Å². The highest BCUT2D eigenvalue weighted by Crippen LogP contribution is 2.35. The second-order valence-electron chi connectivity index (χ2n) is 11.9. The maximum absolute atomic E-state index is 13.4.